The van der Waals surface area contributed by atoms with E-state index in [2.05, 4.69) is 11.1 Å². The summed E-state index contributed by atoms with van der Waals surface area (Å²) in [4.78, 5) is 0. The average molecular weight is 187 g/mol. The van der Waals surface area contributed by atoms with Crippen LogP contribution < -0.4 is 0 Å². The van der Waals surface area contributed by atoms with Crippen molar-refractivity contribution in [3.05, 3.63) is 12.7 Å². The molecule has 4 heteroatoms. The molecule has 70 valence electrons. The fourth-order valence-electron chi connectivity index (χ4n) is 1.75. The molecule has 0 atom stereocenters. The Kier molecular flexibility index (Phi) is 3.46. The largest absolute Gasteiger partial charge is 0.427 e. The standard InChI is InChI=1S/C8H17NO2Si/c1-4-6-9-7-5-8-12(9,10-2)11-3/h4H,1,5-8H2,2-3H3. The van der Waals surface area contributed by atoms with Gasteiger partial charge in [-0.15, -0.1) is 6.58 Å². The molecule has 1 saturated heterocycles. The normalized spacial score (nSPS) is 22.8. The second-order valence-corrected chi connectivity index (χ2v) is 6.33. The highest BCUT2D eigenvalue weighted by Crippen LogP contribution is 2.26. The lowest BCUT2D eigenvalue weighted by Gasteiger charge is -2.30. The fourth-order valence-corrected chi connectivity index (χ4v) is 4.67. The second-order valence-electron chi connectivity index (χ2n) is 2.96. The first-order valence-corrected chi connectivity index (χ1v) is 6.22. The Bertz CT molecular complexity index is 159. The molecular formula is C8H17NO2Si. The Labute approximate surface area is 75.3 Å². The SMILES string of the molecule is C=CCN1CCC[Si]1(OC)OC. The molecule has 0 bridgehead atoms. The van der Waals surface area contributed by atoms with Gasteiger partial charge in [0.2, 0.25) is 0 Å². The summed E-state index contributed by atoms with van der Waals surface area (Å²) in [6.07, 6.45) is 3.09. The highest BCUT2D eigenvalue weighted by Gasteiger charge is 2.46. The molecule has 0 amide bonds. The maximum absolute atomic E-state index is 5.51. The first-order valence-electron chi connectivity index (χ1n) is 4.25. The molecule has 12 heavy (non-hydrogen) atoms. The minimum absolute atomic E-state index is 0.883. The van der Waals surface area contributed by atoms with E-state index in [-0.39, 0.29) is 0 Å². The Balaban J connectivity index is 2.64. The summed E-state index contributed by atoms with van der Waals surface area (Å²) in [6, 6.07) is 1.08. The van der Waals surface area contributed by atoms with Crippen molar-refractivity contribution >= 4 is 8.72 Å². The van der Waals surface area contributed by atoms with Gasteiger partial charge in [0.15, 0.2) is 0 Å². The van der Waals surface area contributed by atoms with Crippen LogP contribution in [0.2, 0.25) is 6.04 Å². The second kappa shape index (κ2) is 4.18. The minimum atomic E-state index is -1.97. The van der Waals surface area contributed by atoms with Crippen LogP contribution in [-0.2, 0) is 8.85 Å². The van der Waals surface area contributed by atoms with Crippen molar-refractivity contribution < 1.29 is 8.85 Å². The molecule has 0 saturated carbocycles. The molecule has 0 aliphatic carbocycles. The van der Waals surface area contributed by atoms with E-state index in [1.165, 1.54) is 6.42 Å². The Morgan fingerprint density at radius 2 is 2.17 bits per heavy atom. The van der Waals surface area contributed by atoms with Crippen LogP contribution in [0.15, 0.2) is 12.7 Å². The summed E-state index contributed by atoms with van der Waals surface area (Å²) >= 11 is 0. The molecule has 3 nitrogen and oxygen atoms in total. The average Bonchev–Trinajstić information content (AvgIpc) is 2.50. The van der Waals surface area contributed by atoms with Crippen LogP contribution in [0.5, 0.6) is 0 Å². The molecule has 1 fully saturated rings. The molecule has 0 aromatic heterocycles. The van der Waals surface area contributed by atoms with Gasteiger partial charge in [-0.25, -0.2) is 0 Å². The van der Waals surface area contributed by atoms with Gasteiger partial charge in [0, 0.05) is 26.8 Å². The highest BCUT2D eigenvalue weighted by atomic mass is 28.4. The van der Waals surface area contributed by atoms with Crippen molar-refractivity contribution in [2.75, 3.05) is 27.3 Å². The maximum Gasteiger partial charge on any atom is 0.427 e. The molecule has 1 aliphatic heterocycles. The number of rotatable bonds is 4. The van der Waals surface area contributed by atoms with Crippen molar-refractivity contribution in [1.82, 2.24) is 4.57 Å². The van der Waals surface area contributed by atoms with Gasteiger partial charge < -0.3 is 8.85 Å². The van der Waals surface area contributed by atoms with Gasteiger partial charge in [0.25, 0.3) is 0 Å². The summed E-state index contributed by atoms with van der Waals surface area (Å²) in [7, 11) is 1.53. The summed E-state index contributed by atoms with van der Waals surface area (Å²) in [6.45, 7) is 5.69. The Morgan fingerprint density at radius 3 is 2.67 bits per heavy atom. The van der Waals surface area contributed by atoms with E-state index in [4.69, 9.17) is 8.85 Å². The van der Waals surface area contributed by atoms with Gasteiger partial charge in [-0.05, 0) is 13.0 Å². The molecule has 0 aromatic rings. The molecule has 1 heterocycles. The Hall–Kier alpha value is -0.163. The van der Waals surface area contributed by atoms with Crippen molar-refractivity contribution in [1.29, 1.82) is 0 Å². The zero-order valence-electron chi connectivity index (χ0n) is 7.88. The maximum atomic E-state index is 5.51. The van der Waals surface area contributed by atoms with Crippen LogP contribution in [0.4, 0.5) is 0 Å². The summed E-state index contributed by atoms with van der Waals surface area (Å²) in [5.74, 6) is 0. The zero-order chi connectivity index (χ0) is 9.03. The van der Waals surface area contributed by atoms with Gasteiger partial charge in [-0.1, -0.05) is 6.08 Å². The van der Waals surface area contributed by atoms with Crippen molar-refractivity contribution in [2.24, 2.45) is 0 Å². The topological polar surface area (TPSA) is 21.7 Å². The van der Waals surface area contributed by atoms with Crippen LogP contribution >= 0.6 is 0 Å². The van der Waals surface area contributed by atoms with E-state index < -0.39 is 8.72 Å². The van der Waals surface area contributed by atoms with E-state index in [0.717, 1.165) is 19.1 Å². The number of nitrogens with zero attached hydrogens (tertiary/aromatic N) is 1. The third kappa shape index (κ3) is 1.61. The molecule has 0 radical (unpaired) electrons. The first kappa shape index (κ1) is 9.92. The van der Waals surface area contributed by atoms with Gasteiger partial charge in [0.1, 0.15) is 0 Å². The lowest BCUT2D eigenvalue weighted by molar-refractivity contribution is 0.189. The quantitative estimate of drug-likeness (QED) is 0.486. The predicted molar refractivity (Wildman–Crippen MR) is 51.0 cm³/mol. The van der Waals surface area contributed by atoms with Crippen LogP contribution in [0.1, 0.15) is 6.42 Å². The van der Waals surface area contributed by atoms with Gasteiger partial charge in [-0.3, -0.25) is 4.57 Å². The van der Waals surface area contributed by atoms with Crippen molar-refractivity contribution in [3.63, 3.8) is 0 Å². The van der Waals surface area contributed by atoms with Gasteiger partial charge in [-0.2, -0.15) is 0 Å². The van der Waals surface area contributed by atoms with E-state index in [1.807, 2.05) is 6.08 Å². The Morgan fingerprint density at radius 1 is 1.50 bits per heavy atom. The predicted octanol–water partition coefficient (Wildman–Crippen LogP) is 1.11. The lowest BCUT2D eigenvalue weighted by Crippen LogP contribution is -2.53. The lowest BCUT2D eigenvalue weighted by atomic mass is 10.5. The first-order chi connectivity index (χ1) is 5.79. The van der Waals surface area contributed by atoms with E-state index in [9.17, 15) is 0 Å². The van der Waals surface area contributed by atoms with Crippen LogP contribution in [-0.4, -0.2) is 40.6 Å². The van der Waals surface area contributed by atoms with Crippen molar-refractivity contribution in [2.45, 2.75) is 12.5 Å². The van der Waals surface area contributed by atoms with Crippen LogP contribution in [0, 0.1) is 0 Å². The minimum Gasteiger partial charge on any atom is -0.386 e. The van der Waals surface area contributed by atoms with E-state index in [1.54, 1.807) is 14.2 Å². The molecule has 0 spiro atoms. The summed E-state index contributed by atoms with van der Waals surface area (Å²) in [5, 5.41) is 0. The molecule has 1 rings (SSSR count). The number of hydrogen-bond donors (Lipinski definition) is 0. The van der Waals surface area contributed by atoms with Crippen LogP contribution in [0.25, 0.3) is 0 Å². The third-order valence-corrected chi connectivity index (χ3v) is 6.02. The van der Waals surface area contributed by atoms with E-state index >= 15 is 0 Å². The highest BCUT2D eigenvalue weighted by molar-refractivity contribution is 6.65. The molecule has 0 N–H and O–H groups in total. The van der Waals surface area contributed by atoms with Gasteiger partial charge >= 0.3 is 8.72 Å². The summed E-state index contributed by atoms with van der Waals surface area (Å²) in [5.41, 5.74) is 0. The van der Waals surface area contributed by atoms with Crippen LogP contribution in [0.3, 0.4) is 0 Å². The zero-order valence-corrected chi connectivity index (χ0v) is 8.88. The monoisotopic (exact) mass is 187 g/mol. The van der Waals surface area contributed by atoms with E-state index in [0.29, 0.717) is 0 Å². The smallest absolute Gasteiger partial charge is 0.386 e. The summed E-state index contributed by atoms with van der Waals surface area (Å²) < 4.78 is 13.3. The van der Waals surface area contributed by atoms with Gasteiger partial charge in [0.05, 0.1) is 0 Å². The van der Waals surface area contributed by atoms with Crippen molar-refractivity contribution in [3.8, 4) is 0 Å². The molecule has 0 aromatic carbocycles. The third-order valence-electron chi connectivity index (χ3n) is 2.39. The fraction of sp³-hybridized carbons (Fsp3) is 0.750. The molecule has 0 unspecified atom stereocenters. The molecular weight excluding hydrogens is 170 g/mol. The molecule has 1 aliphatic rings. The number of hydrogen-bond acceptors (Lipinski definition) is 3.